The molecule has 0 saturated carbocycles. The van der Waals surface area contributed by atoms with Crippen LogP contribution in [0.15, 0.2) is 52.4 Å². The van der Waals surface area contributed by atoms with Gasteiger partial charge in [0.1, 0.15) is 5.82 Å². The standard InChI is InChI=1S/C24H30FNO2S/c1-4-6-13-24(14-7-5-2)17-29(27,28)22-12-11-20(25)16-21(22)23(26-24)19-10-8-9-18(3)15-19/h8-12,15-16H,4-7,13-14,17H2,1-3H3. The molecule has 3 rings (SSSR count). The Morgan fingerprint density at radius 2 is 1.72 bits per heavy atom. The lowest BCUT2D eigenvalue weighted by atomic mass is 9.88. The molecule has 0 atom stereocenters. The Hall–Kier alpha value is -2.01. The molecular formula is C24H30FNO2S. The molecule has 1 aliphatic heterocycles. The van der Waals surface area contributed by atoms with Crippen molar-refractivity contribution in [1.29, 1.82) is 0 Å². The maximum atomic E-state index is 14.2. The molecule has 1 heterocycles. The normalized spacial score (nSPS) is 17.3. The molecule has 0 aromatic heterocycles. The molecule has 2 aromatic rings. The monoisotopic (exact) mass is 415 g/mol. The summed E-state index contributed by atoms with van der Waals surface area (Å²) < 4.78 is 41.0. The van der Waals surface area contributed by atoms with Crippen LogP contribution in [0.25, 0.3) is 0 Å². The topological polar surface area (TPSA) is 46.5 Å². The number of benzene rings is 2. The molecule has 0 aliphatic carbocycles. The average molecular weight is 416 g/mol. The van der Waals surface area contributed by atoms with Crippen LogP contribution in [0.3, 0.4) is 0 Å². The van der Waals surface area contributed by atoms with E-state index in [4.69, 9.17) is 4.99 Å². The smallest absolute Gasteiger partial charge is 0.181 e. The Balaban J connectivity index is 2.30. The third-order valence-corrected chi connectivity index (χ3v) is 7.57. The molecule has 0 amide bonds. The fourth-order valence-electron chi connectivity index (χ4n) is 4.12. The van der Waals surface area contributed by atoms with Gasteiger partial charge in [0.15, 0.2) is 9.84 Å². The number of halogens is 1. The predicted octanol–water partition coefficient (Wildman–Crippen LogP) is 5.88. The first kappa shape index (κ1) is 21.7. The van der Waals surface area contributed by atoms with E-state index in [9.17, 15) is 12.8 Å². The van der Waals surface area contributed by atoms with Crippen molar-refractivity contribution in [3.05, 3.63) is 65.0 Å². The average Bonchev–Trinajstić information content (AvgIpc) is 2.77. The lowest BCUT2D eigenvalue weighted by Gasteiger charge is -2.29. The maximum absolute atomic E-state index is 14.2. The Morgan fingerprint density at radius 1 is 1.03 bits per heavy atom. The van der Waals surface area contributed by atoms with Crippen LogP contribution in [0, 0.1) is 12.7 Å². The van der Waals surface area contributed by atoms with Crippen LogP contribution in [0.1, 0.15) is 69.1 Å². The van der Waals surface area contributed by atoms with Crippen molar-refractivity contribution in [1.82, 2.24) is 0 Å². The van der Waals surface area contributed by atoms with Gasteiger partial charge in [0.25, 0.3) is 0 Å². The largest absolute Gasteiger partial charge is 0.276 e. The first-order valence-corrected chi connectivity index (χ1v) is 12.1. The highest BCUT2D eigenvalue weighted by Crippen LogP contribution is 2.36. The molecule has 0 radical (unpaired) electrons. The van der Waals surface area contributed by atoms with Gasteiger partial charge in [0, 0.05) is 11.1 Å². The van der Waals surface area contributed by atoms with Crippen molar-refractivity contribution in [2.24, 2.45) is 4.99 Å². The van der Waals surface area contributed by atoms with Crippen molar-refractivity contribution in [3.63, 3.8) is 0 Å². The molecule has 156 valence electrons. The van der Waals surface area contributed by atoms with Crippen LogP contribution in [0.2, 0.25) is 0 Å². The van der Waals surface area contributed by atoms with Gasteiger partial charge in [0.2, 0.25) is 0 Å². The van der Waals surface area contributed by atoms with E-state index in [1.165, 1.54) is 18.2 Å². The van der Waals surface area contributed by atoms with Crippen LogP contribution in [0.5, 0.6) is 0 Å². The second-order valence-corrected chi connectivity index (χ2v) is 10.1. The highest BCUT2D eigenvalue weighted by Gasteiger charge is 2.40. The third-order valence-electron chi connectivity index (χ3n) is 5.62. The van der Waals surface area contributed by atoms with Crippen molar-refractivity contribution in [3.8, 4) is 0 Å². The predicted molar refractivity (Wildman–Crippen MR) is 117 cm³/mol. The van der Waals surface area contributed by atoms with Gasteiger partial charge >= 0.3 is 0 Å². The number of sulfone groups is 1. The SMILES string of the molecule is CCCCC1(CCCC)CS(=O)(=O)c2ccc(F)cc2C(c2cccc(C)c2)=N1. The van der Waals surface area contributed by atoms with Crippen molar-refractivity contribution in [2.75, 3.05) is 5.75 Å². The van der Waals surface area contributed by atoms with E-state index in [-0.39, 0.29) is 10.6 Å². The minimum Gasteiger partial charge on any atom is -0.276 e. The molecular weight excluding hydrogens is 385 g/mol. The minimum atomic E-state index is -3.60. The number of rotatable bonds is 7. The van der Waals surface area contributed by atoms with Gasteiger partial charge in [-0.05, 0) is 44.0 Å². The molecule has 5 heteroatoms. The van der Waals surface area contributed by atoms with Gasteiger partial charge in [-0.3, -0.25) is 4.99 Å². The summed E-state index contributed by atoms with van der Waals surface area (Å²) in [6.45, 7) is 6.20. The molecule has 0 fully saturated rings. The molecule has 0 unspecified atom stereocenters. The summed E-state index contributed by atoms with van der Waals surface area (Å²) in [5.41, 5.74) is 2.19. The number of nitrogens with zero attached hydrogens (tertiary/aromatic N) is 1. The van der Waals surface area contributed by atoms with Crippen molar-refractivity contribution in [2.45, 2.75) is 69.7 Å². The first-order valence-electron chi connectivity index (χ1n) is 10.5. The summed E-state index contributed by atoms with van der Waals surface area (Å²) >= 11 is 0. The highest BCUT2D eigenvalue weighted by atomic mass is 32.2. The van der Waals surface area contributed by atoms with Crippen LogP contribution < -0.4 is 0 Å². The van der Waals surface area contributed by atoms with Gasteiger partial charge < -0.3 is 0 Å². The Kier molecular flexibility index (Phi) is 6.57. The first-order chi connectivity index (χ1) is 13.8. The zero-order valence-electron chi connectivity index (χ0n) is 17.5. The second-order valence-electron chi connectivity index (χ2n) is 8.16. The molecule has 2 aromatic carbocycles. The lowest BCUT2D eigenvalue weighted by Crippen LogP contribution is -2.35. The molecule has 1 aliphatic rings. The quantitative estimate of drug-likeness (QED) is 0.530. The minimum absolute atomic E-state index is 0.0199. The highest BCUT2D eigenvalue weighted by molar-refractivity contribution is 7.91. The molecule has 0 spiro atoms. The number of hydrogen-bond donors (Lipinski definition) is 0. The van der Waals surface area contributed by atoms with Crippen molar-refractivity contribution < 1.29 is 12.8 Å². The second kappa shape index (κ2) is 8.78. The third kappa shape index (κ3) is 4.77. The van der Waals surface area contributed by atoms with Gasteiger partial charge in [-0.15, -0.1) is 0 Å². The Labute approximate surface area is 174 Å². The van der Waals surface area contributed by atoms with Crippen LogP contribution in [-0.4, -0.2) is 25.4 Å². The molecule has 3 nitrogen and oxygen atoms in total. The van der Waals surface area contributed by atoms with E-state index in [2.05, 4.69) is 13.8 Å². The number of hydrogen-bond acceptors (Lipinski definition) is 3. The van der Waals surface area contributed by atoms with Gasteiger partial charge in [-0.1, -0.05) is 63.3 Å². The van der Waals surface area contributed by atoms with E-state index in [1.54, 1.807) is 0 Å². The van der Waals surface area contributed by atoms with Crippen LogP contribution in [0.4, 0.5) is 4.39 Å². The van der Waals surface area contributed by atoms with Crippen LogP contribution in [-0.2, 0) is 9.84 Å². The summed E-state index contributed by atoms with van der Waals surface area (Å²) in [6, 6.07) is 11.8. The van der Waals surface area contributed by atoms with Crippen molar-refractivity contribution >= 4 is 15.5 Å². The summed E-state index contributed by atoms with van der Waals surface area (Å²) in [4.78, 5) is 5.33. The lowest BCUT2D eigenvalue weighted by molar-refractivity contribution is 0.380. The molecule has 29 heavy (non-hydrogen) atoms. The molecule has 0 bridgehead atoms. The summed E-state index contributed by atoms with van der Waals surface area (Å²) in [5.74, 6) is -0.470. The van der Waals surface area contributed by atoms with E-state index in [0.29, 0.717) is 24.1 Å². The van der Waals surface area contributed by atoms with E-state index in [1.807, 2.05) is 31.2 Å². The fraction of sp³-hybridized carbons (Fsp3) is 0.458. The Bertz CT molecular complexity index is 1000. The summed E-state index contributed by atoms with van der Waals surface area (Å²) in [6.07, 6.45) is 5.21. The van der Waals surface area contributed by atoms with E-state index < -0.39 is 21.2 Å². The van der Waals surface area contributed by atoms with Gasteiger partial charge in [0.05, 0.1) is 21.9 Å². The number of fused-ring (bicyclic) bond motifs is 1. The number of aliphatic imine (C=N–C) groups is 1. The molecule has 0 saturated heterocycles. The van der Waals surface area contributed by atoms with E-state index >= 15 is 0 Å². The zero-order chi connectivity index (χ0) is 21.1. The molecule has 0 N–H and O–H groups in total. The zero-order valence-corrected chi connectivity index (χ0v) is 18.4. The van der Waals surface area contributed by atoms with Gasteiger partial charge in [-0.2, -0.15) is 0 Å². The van der Waals surface area contributed by atoms with Gasteiger partial charge in [-0.25, -0.2) is 12.8 Å². The number of aryl methyl sites for hydroxylation is 1. The van der Waals surface area contributed by atoms with Crippen LogP contribution >= 0.6 is 0 Å². The summed E-state index contributed by atoms with van der Waals surface area (Å²) in [5, 5.41) is 0. The summed E-state index contributed by atoms with van der Waals surface area (Å²) in [7, 11) is -3.60. The van der Waals surface area contributed by atoms with E-state index in [0.717, 1.165) is 36.8 Å². The fourth-order valence-corrected chi connectivity index (χ4v) is 6.11. The maximum Gasteiger partial charge on any atom is 0.181 e. The Morgan fingerprint density at radius 3 is 2.34 bits per heavy atom. The number of unbranched alkanes of at least 4 members (excludes halogenated alkanes) is 2.